The standard InChI is InChI=1S/C23H24ClN3O5/c1-32-17-10-11-20-18(13-17)22(29)19(23(30)25-16-8-6-15(24)7-9-16)14-27(20)12-4-2-3-5-21(28)26-31/h6-11,13-14,31H,2-5,12H2,1H3,(H,25,30)(H,26,28). The number of hydrogen-bond donors (Lipinski definition) is 3. The van der Waals surface area contributed by atoms with Crippen molar-refractivity contribution in [2.75, 3.05) is 12.4 Å². The number of amides is 2. The third-order valence-corrected chi connectivity index (χ3v) is 5.31. The van der Waals surface area contributed by atoms with Gasteiger partial charge in [0.25, 0.3) is 5.91 Å². The molecule has 3 N–H and O–H groups in total. The monoisotopic (exact) mass is 457 g/mol. The Morgan fingerprint density at radius 1 is 1.09 bits per heavy atom. The molecule has 32 heavy (non-hydrogen) atoms. The molecule has 0 bridgehead atoms. The zero-order valence-electron chi connectivity index (χ0n) is 17.6. The summed E-state index contributed by atoms with van der Waals surface area (Å²) in [6, 6.07) is 11.8. The molecule has 3 aromatic rings. The number of hydrogen-bond acceptors (Lipinski definition) is 5. The first-order chi connectivity index (χ1) is 15.4. The van der Waals surface area contributed by atoms with Crippen LogP contribution in [0, 0.1) is 0 Å². The Balaban J connectivity index is 1.89. The van der Waals surface area contributed by atoms with Crippen LogP contribution in [-0.4, -0.2) is 28.7 Å². The molecule has 1 heterocycles. The lowest BCUT2D eigenvalue weighted by Crippen LogP contribution is -2.24. The summed E-state index contributed by atoms with van der Waals surface area (Å²) in [5.41, 5.74) is 2.45. The molecular weight excluding hydrogens is 434 g/mol. The average Bonchev–Trinajstić information content (AvgIpc) is 2.81. The Morgan fingerprint density at radius 3 is 2.53 bits per heavy atom. The summed E-state index contributed by atoms with van der Waals surface area (Å²) in [6.07, 6.45) is 3.86. The van der Waals surface area contributed by atoms with Gasteiger partial charge in [0.05, 0.1) is 18.0 Å². The van der Waals surface area contributed by atoms with Gasteiger partial charge in [-0.05, 0) is 55.3 Å². The van der Waals surface area contributed by atoms with Crippen LogP contribution in [-0.2, 0) is 11.3 Å². The molecule has 9 heteroatoms. The number of methoxy groups -OCH3 is 1. The summed E-state index contributed by atoms with van der Waals surface area (Å²) < 4.78 is 7.11. The predicted molar refractivity (Wildman–Crippen MR) is 123 cm³/mol. The molecule has 0 radical (unpaired) electrons. The Bertz CT molecular complexity index is 1170. The van der Waals surface area contributed by atoms with Gasteiger partial charge in [-0.25, -0.2) is 5.48 Å². The number of ether oxygens (including phenoxy) is 1. The van der Waals surface area contributed by atoms with E-state index < -0.39 is 11.8 Å². The normalized spacial score (nSPS) is 10.7. The minimum atomic E-state index is -0.518. The molecule has 0 aliphatic carbocycles. The Morgan fingerprint density at radius 2 is 1.84 bits per heavy atom. The molecule has 0 aliphatic rings. The molecule has 3 rings (SSSR count). The Kier molecular flexibility index (Phi) is 7.86. The minimum Gasteiger partial charge on any atom is -0.497 e. The lowest BCUT2D eigenvalue weighted by molar-refractivity contribution is -0.129. The quantitative estimate of drug-likeness (QED) is 0.256. The number of rotatable bonds is 9. The first-order valence-electron chi connectivity index (χ1n) is 10.1. The number of pyridine rings is 1. The Hall–Kier alpha value is -3.36. The summed E-state index contributed by atoms with van der Waals surface area (Å²) in [4.78, 5) is 37.1. The topological polar surface area (TPSA) is 110 Å². The van der Waals surface area contributed by atoms with E-state index in [2.05, 4.69) is 5.32 Å². The van der Waals surface area contributed by atoms with E-state index in [-0.39, 0.29) is 17.4 Å². The molecule has 0 saturated carbocycles. The molecule has 0 spiro atoms. The van der Waals surface area contributed by atoms with Crippen molar-refractivity contribution >= 4 is 40.0 Å². The van der Waals surface area contributed by atoms with Gasteiger partial charge in [-0.15, -0.1) is 0 Å². The molecule has 0 atom stereocenters. The zero-order valence-corrected chi connectivity index (χ0v) is 18.3. The van der Waals surface area contributed by atoms with Crippen LogP contribution in [0.4, 0.5) is 5.69 Å². The first kappa shape index (κ1) is 23.3. The number of carbonyl (C=O) groups is 2. The van der Waals surface area contributed by atoms with Gasteiger partial charge in [-0.1, -0.05) is 18.0 Å². The fourth-order valence-corrected chi connectivity index (χ4v) is 3.51. The second-order valence-electron chi connectivity index (χ2n) is 7.26. The fourth-order valence-electron chi connectivity index (χ4n) is 3.38. The number of aryl methyl sites for hydroxylation is 1. The summed E-state index contributed by atoms with van der Waals surface area (Å²) in [5.74, 6) is -0.422. The molecule has 1 aromatic heterocycles. The highest BCUT2D eigenvalue weighted by Crippen LogP contribution is 2.21. The van der Waals surface area contributed by atoms with Crippen molar-refractivity contribution in [3.63, 3.8) is 0 Å². The van der Waals surface area contributed by atoms with Crippen molar-refractivity contribution in [2.45, 2.75) is 32.2 Å². The van der Waals surface area contributed by atoms with Gasteiger partial charge in [0.1, 0.15) is 11.3 Å². The van der Waals surface area contributed by atoms with Crippen LogP contribution < -0.4 is 21.0 Å². The maximum atomic E-state index is 13.1. The van der Waals surface area contributed by atoms with E-state index >= 15 is 0 Å². The van der Waals surface area contributed by atoms with Crippen LogP contribution >= 0.6 is 11.6 Å². The van der Waals surface area contributed by atoms with Gasteiger partial charge in [-0.3, -0.25) is 19.6 Å². The number of benzene rings is 2. The molecule has 168 valence electrons. The van der Waals surface area contributed by atoms with Crippen LogP contribution in [0.2, 0.25) is 5.02 Å². The van der Waals surface area contributed by atoms with Crippen molar-refractivity contribution < 1.29 is 19.5 Å². The summed E-state index contributed by atoms with van der Waals surface area (Å²) in [7, 11) is 1.51. The van der Waals surface area contributed by atoms with E-state index in [4.69, 9.17) is 21.5 Å². The van der Waals surface area contributed by atoms with Crippen LogP contribution in [0.15, 0.2) is 53.5 Å². The second-order valence-corrected chi connectivity index (χ2v) is 7.69. The molecule has 2 amide bonds. The van der Waals surface area contributed by atoms with Crippen LogP contribution in [0.3, 0.4) is 0 Å². The van der Waals surface area contributed by atoms with Gasteiger partial charge in [0, 0.05) is 29.9 Å². The predicted octanol–water partition coefficient (Wildman–Crippen LogP) is 3.98. The molecule has 8 nitrogen and oxygen atoms in total. The zero-order chi connectivity index (χ0) is 23.1. The first-order valence-corrected chi connectivity index (χ1v) is 10.5. The van der Waals surface area contributed by atoms with Gasteiger partial charge in [-0.2, -0.15) is 0 Å². The molecule has 0 saturated heterocycles. The van der Waals surface area contributed by atoms with E-state index in [9.17, 15) is 14.4 Å². The maximum Gasteiger partial charge on any atom is 0.261 e. The van der Waals surface area contributed by atoms with Crippen molar-refractivity contribution in [1.82, 2.24) is 10.0 Å². The third kappa shape index (κ3) is 5.66. The highest BCUT2D eigenvalue weighted by atomic mass is 35.5. The Labute approximate surface area is 189 Å². The average molecular weight is 458 g/mol. The van der Waals surface area contributed by atoms with Crippen LogP contribution in [0.5, 0.6) is 5.75 Å². The van der Waals surface area contributed by atoms with Crippen molar-refractivity contribution in [3.8, 4) is 5.75 Å². The number of halogens is 1. The molecule has 2 aromatic carbocycles. The summed E-state index contributed by atoms with van der Waals surface area (Å²) in [6.45, 7) is 0.547. The van der Waals surface area contributed by atoms with Crippen molar-refractivity contribution in [3.05, 3.63) is 69.5 Å². The van der Waals surface area contributed by atoms with E-state index in [0.29, 0.717) is 40.3 Å². The third-order valence-electron chi connectivity index (χ3n) is 5.06. The van der Waals surface area contributed by atoms with Crippen LogP contribution in [0.1, 0.15) is 36.0 Å². The minimum absolute atomic E-state index is 0.0142. The number of nitrogens with zero attached hydrogens (tertiary/aromatic N) is 1. The number of aromatic nitrogens is 1. The number of unbranched alkanes of at least 4 members (excludes halogenated alkanes) is 2. The summed E-state index contributed by atoms with van der Waals surface area (Å²) >= 11 is 5.89. The van der Waals surface area contributed by atoms with Gasteiger partial charge in [0.15, 0.2) is 0 Å². The van der Waals surface area contributed by atoms with E-state index in [1.54, 1.807) is 54.1 Å². The number of fused-ring (bicyclic) bond motifs is 1. The number of nitrogens with one attached hydrogen (secondary N) is 2. The number of carbonyl (C=O) groups excluding carboxylic acids is 2. The highest BCUT2D eigenvalue weighted by molar-refractivity contribution is 6.30. The maximum absolute atomic E-state index is 13.1. The molecule has 0 fully saturated rings. The molecule has 0 unspecified atom stereocenters. The van der Waals surface area contributed by atoms with Crippen molar-refractivity contribution in [1.29, 1.82) is 0 Å². The lowest BCUT2D eigenvalue weighted by atomic mass is 10.1. The number of hydroxylamine groups is 1. The molecule has 0 aliphatic heterocycles. The van der Waals surface area contributed by atoms with E-state index in [0.717, 1.165) is 12.8 Å². The SMILES string of the molecule is COc1ccc2c(c1)c(=O)c(C(=O)Nc1ccc(Cl)cc1)cn2CCCCCC(=O)NO. The molecular formula is C23H24ClN3O5. The van der Waals surface area contributed by atoms with Gasteiger partial charge in [0.2, 0.25) is 11.3 Å². The van der Waals surface area contributed by atoms with Gasteiger partial charge < -0.3 is 14.6 Å². The van der Waals surface area contributed by atoms with Crippen LogP contribution in [0.25, 0.3) is 10.9 Å². The highest BCUT2D eigenvalue weighted by Gasteiger charge is 2.16. The van der Waals surface area contributed by atoms with E-state index in [1.165, 1.54) is 7.11 Å². The summed E-state index contributed by atoms with van der Waals surface area (Å²) in [5, 5.41) is 12.2. The van der Waals surface area contributed by atoms with Gasteiger partial charge >= 0.3 is 0 Å². The smallest absolute Gasteiger partial charge is 0.261 e. The second kappa shape index (κ2) is 10.8. The lowest BCUT2D eigenvalue weighted by Gasteiger charge is -2.14. The largest absolute Gasteiger partial charge is 0.497 e. The fraction of sp³-hybridized carbons (Fsp3) is 0.261. The van der Waals surface area contributed by atoms with Crippen molar-refractivity contribution in [2.24, 2.45) is 0 Å². The van der Waals surface area contributed by atoms with E-state index in [1.807, 2.05) is 4.57 Å². The number of anilines is 1.